The molecule has 49 heavy (non-hydrogen) atoms. The number of nitrogens with one attached hydrogen (secondary N) is 2. The molecule has 2 aromatic heterocycles. The first-order chi connectivity index (χ1) is 23.2. The van der Waals surface area contributed by atoms with Crippen molar-refractivity contribution in [3.8, 4) is 0 Å². The normalized spacial score (nSPS) is 26.3. The van der Waals surface area contributed by atoms with Crippen molar-refractivity contribution in [2.75, 3.05) is 47.2 Å². The van der Waals surface area contributed by atoms with Crippen LogP contribution in [0.1, 0.15) is 71.8 Å². The second kappa shape index (κ2) is 13.5. The highest BCUT2D eigenvalue weighted by molar-refractivity contribution is 7.93. The maximum absolute atomic E-state index is 14.6. The number of ether oxygens (including phenoxy) is 1. The zero-order valence-corrected chi connectivity index (χ0v) is 30.1. The Bertz CT molecular complexity index is 1850. The summed E-state index contributed by atoms with van der Waals surface area (Å²) in [5.74, 6) is 1.21. The number of aromatic nitrogens is 3. The molecule has 3 aliphatic heterocycles. The molecule has 3 aliphatic rings. The summed E-state index contributed by atoms with van der Waals surface area (Å²) < 4.78 is 46.4. The van der Waals surface area contributed by atoms with Crippen molar-refractivity contribution in [1.82, 2.24) is 15.0 Å². The number of halogens is 1. The van der Waals surface area contributed by atoms with Crippen molar-refractivity contribution in [3.05, 3.63) is 48.8 Å². The Hall–Kier alpha value is -3.84. The fraction of sp³-hybridized carbons (Fsp3) is 0.556. The van der Waals surface area contributed by atoms with E-state index in [2.05, 4.69) is 52.9 Å². The molecule has 3 fully saturated rings. The average molecular weight is 694 g/mol. The minimum Gasteiger partial charge on any atom is -0.378 e. The van der Waals surface area contributed by atoms with E-state index < -0.39 is 26.9 Å². The van der Waals surface area contributed by atoms with Crippen LogP contribution in [-0.4, -0.2) is 84.3 Å². The number of methoxy groups -OCH3 is 1. The van der Waals surface area contributed by atoms with Crippen LogP contribution in [0.4, 0.5) is 33.3 Å². The Kier molecular flexibility index (Phi) is 9.62. The second-order valence-electron chi connectivity index (χ2n) is 14.5. The number of carbonyl (C=O) groups excluding carboxylic acids is 1. The highest BCUT2D eigenvalue weighted by atomic mass is 32.2. The highest BCUT2D eigenvalue weighted by Gasteiger charge is 2.52. The van der Waals surface area contributed by atoms with E-state index in [4.69, 9.17) is 9.72 Å². The summed E-state index contributed by atoms with van der Waals surface area (Å²) in [4.78, 5) is 30.5. The van der Waals surface area contributed by atoms with E-state index in [1.807, 2.05) is 37.1 Å². The van der Waals surface area contributed by atoms with Gasteiger partial charge in [-0.25, -0.2) is 22.8 Å². The molecule has 1 aromatic carbocycles. The Morgan fingerprint density at radius 3 is 2.61 bits per heavy atom. The number of carbonyl (C=O) groups is 1. The number of anilines is 5. The average Bonchev–Trinajstić information content (AvgIpc) is 3.05. The van der Waals surface area contributed by atoms with Crippen molar-refractivity contribution < 1.29 is 22.3 Å². The molecule has 3 unspecified atom stereocenters. The molecule has 3 saturated heterocycles. The summed E-state index contributed by atoms with van der Waals surface area (Å²) in [5, 5.41) is 7.77. The van der Waals surface area contributed by atoms with Crippen LogP contribution < -0.4 is 20.4 Å². The van der Waals surface area contributed by atoms with E-state index in [1.165, 1.54) is 13.2 Å². The molecule has 0 aliphatic carbocycles. The van der Waals surface area contributed by atoms with Gasteiger partial charge in [0.15, 0.2) is 9.84 Å². The summed E-state index contributed by atoms with van der Waals surface area (Å²) in [7, 11) is -1.77. The molecule has 5 heterocycles. The lowest BCUT2D eigenvalue weighted by atomic mass is 9.82. The van der Waals surface area contributed by atoms with Gasteiger partial charge in [0.2, 0.25) is 11.9 Å². The third-order valence-electron chi connectivity index (χ3n) is 10.8. The minimum absolute atomic E-state index is 0.00411. The molecule has 11 nitrogen and oxygen atoms in total. The van der Waals surface area contributed by atoms with Crippen molar-refractivity contribution in [3.63, 3.8) is 0 Å². The summed E-state index contributed by atoms with van der Waals surface area (Å²) in [6.45, 7) is 14.9. The fourth-order valence-corrected chi connectivity index (χ4v) is 10.3. The smallest absolute Gasteiger partial charge is 0.247 e. The van der Waals surface area contributed by atoms with E-state index in [1.54, 1.807) is 12.3 Å². The SMILES string of the molecule is C=CC(=O)Nc1cc(N2CC(C3CCCC(C)(C)S3(=O)=O)C2C)c2cnc(Nc3ccnc(N4CC[C@@H](OC)[C@@H](F)C4)n3)cc2c1C(C)C. The van der Waals surface area contributed by atoms with Gasteiger partial charge < -0.3 is 25.2 Å². The first kappa shape index (κ1) is 35.0. The number of hydrogen-bond donors (Lipinski definition) is 2. The quantitative estimate of drug-likeness (QED) is 0.252. The van der Waals surface area contributed by atoms with E-state index in [0.717, 1.165) is 28.4 Å². The summed E-state index contributed by atoms with van der Waals surface area (Å²) in [6, 6.07) is 5.65. The van der Waals surface area contributed by atoms with Crippen LogP contribution >= 0.6 is 0 Å². The summed E-state index contributed by atoms with van der Waals surface area (Å²) >= 11 is 0. The summed E-state index contributed by atoms with van der Waals surface area (Å²) in [6.07, 6.45) is 5.96. The molecular weight excluding hydrogens is 646 g/mol. The lowest BCUT2D eigenvalue weighted by molar-refractivity contribution is -0.111. The Morgan fingerprint density at radius 1 is 1.16 bits per heavy atom. The zero-order chi connectivity index (χ0) is 35.2. The van der Waals surface area contributed by atoms with Crippen LogP contribution in [-0.2, 0) is 19.4 Å². The highest BCUT2D eigenvalue weighted by Crippen LogP contribution is 2.47. The number of sulfone groups is 1. The Labute approximate surface area is 288 Å². The third kappa shape index (κ3) is 6.47. The van der Waals surface area contributed by atoms with Crippen molar-refractivity contribution in [2.45, 2.75) is 94.5 Å². The van der Waals surface area contributed by atoms with Gasteiger partial charge in [0.1, 0.15) is 17.8 Å². The molecule has 5 atom stereocenters. The first-order valence-corrected chi connectivity index (χ1v) is 18.7. The third-order valence-corrected chi connectivity index (χ3v) is 13.9. The van der Waals surface area contributed by atoms with Gasteiger partial charge in [-0.3, -0.25) is 4.79 Å². The number of benzene rings is 1. The molecule has 2 N–H and O–H groups in total. The number of amides is 1. The van der Waals surface area contributed by atoms with E-state index in [9.17, 15) is 17.6 Å². The van der Waals surface area contributed by atoms with Crippen LogP contribution in [0.25, 0.3) is 10.8 Å². The molecular formula is C36H48FN7O4S. The number of hydrogen-bond acceptors (Lipinski definition) is 10. The standard InChI is InChI=1S/C36H48FN7O4S/c1-8-33(45)40-27-17-28(44-19-25(22(44)4)30-10-9-13-36(5,6)49(30,46)47)24-18-39-32(16-23(24)34(27)21(2)3)41-31-11-14-38-35(42-31)43-15-12-29(48-7)26(37)20-43/h8,11,14,16-18,21-22,25-26,29-30H,1,9-10,12-13,15,19-20H2,2-7H3,(H,40,45)(H,38,39,41,42)/t22?,25?,26-,29+,30?/m0/s1. The van der Waals surface area contributed by atoms with E-state index in [0.29, 0.717) is 55.6 Å². The van der Waals surface area contributed by atoms with Gasteiger partial charge in [-0.05, 0) is 81.2 Å². The fourth-order valence-electron chi connectivity index (χ4n) is 7.83. The van der Waals surface area contributed by atoms with Gasteiger partial charge >= 0.3 is 0 Å². The molecule has 264 valence electrons. The van der Waals surface area contributed by atoms with E-state index in [-0.39, 0.29) is 35.6 Å². The van der Waals surface area contributed by atoms with E-state index >= 15 is 0 Å². The molecule has 1 amide bonds. The van der Waals surface area contributed by atoms with Gasteiger partial charge in [-0.2, -0.15) is 4.98 Å². The molecule has 3 aromatic rings. The molecule has 13 heteroatoms. The summed E-state index contributed by atoms with van der Waals surface area (Å²) in [5.41, 5.74) is 2.50. The van der Waals surface area contributed by atoms with Crippen LogP contribution in [0, 0.1) is 5.92 Å². The van der Waals surface area contributed by atoms with Gasteiger partial charge in [0.25, 0.3) is 0 Å². The van der Waals surface area contributed by atoms with Crippen LogP contribution in [0.5, 0.6) is 0 Å². The number of piperidine rings is 1. The molecule has 0 spiro atoms. The maximum atomic E-state index is 14.6. The lowest BCUT2D eigenvalue weighted by Crippen LogP contribution is -2.63. The van der Waals surface area contributed by atoms with Crippen LogP contribution in [0.15, 0.2) is 43.2 Å². The predicted molar refractivity (Wildman–Crippen MR) is 193 cm³/mol. The minimum atomic E-state index is -3.29. The maximum Gasteiger partial charge on any atom is 0.247 e. The molecule has 0 bridgehead atoms. The lowest BCUT2D eigenvalue weighted by Gasteiger charge is -2.53. The van der Waals surface area contributed by atoms with Crippen LogP contribution in [0.2, 0.25) is 0 Å². The Balaban J connectivity index is 1.34. The topological polar surface area (TPSA) is 130 Å². The van der Waals surface area contributed by atoms with Crippen molar-refractivity contribution in [1.29, 1.82) is 0 Å². The predicted octanol–water partition coefficient (Wildman–Crippen LogP) is 6.15. The van der Waals surface area contributed by atoms with Gasteiger partial charge in [-0.1, -0.05) is 26.8 Å². The van der Waals surface area contributed by atoms with Gasteiger partial charge in [0.05, 0.1) is 22.6 Å². The zero-order valence-electron chi connectivity index (χ0n) is 29.2. The second-order valence-corrected chi connectivity index (χ2v) is 17.3. The first-order valence-electron chi connectivity index (χ1n) is 17.2. The molecule has 6 rings (SSSR count). The monoisotopic (exact) mass is 693 g/mol. The van der Waals surface area contributed by atoms with Crippen LogP contribution in [0.3, 0.4) is 0 Å². The molecule has 0 saturated carbocycles. The van der Waals surface area contributed by atoms with Crippen molar-refractivity contribution in [2.24, 2.45) is 5.92 Å². The number of alkyl halides is 1. The number of fused-ring (bicyclic) bond motifs is 1. The number of nitrogens with zero attached hydrogens (tertiary/aromatic N) is 5. The largest absolute Gasteiger partial charge is 0.378 e. The molecule has 0 radical (unpaired) electrons. The van der Waals surface area contributed by atoms with Gasteiger partial charge in [-0.15, -0.1) is 0 Å². The number of pyridine rings is 1. The Morgan fingerprint density at radius 2 is 1.94 bits per heavy atom. The van der Waals surface area contributed by atoms with Gasteiger partial charge in [0, 0.05) is 61.3 Å². The van der Waals surface area contributed by atoms with Crippen molar-refractivity contribution >= 4 is 55.5 Å². The number of rotatable bonds is 9.